The van der Waals surface area contributed by atoms with E-state index >= 15 is 0 Å². The molecule has 2 atom stereocenters. The lowest BCUT2D eigenvalue weighted by Gasteiger charge is -2.25. The SMILES string of the molecule is CCCCC/C=C\C/C=C\CCCCCCCCCCCC(=O)OC(COC(=O)CCCCCCCCCCCCCCCCCCCCCCCCCCCCCCCCCC)COC(OCC[N+](C)(C)C)C(=O)O. The summed E-state index contributed by atoms with van der Waals surface area (Å²) < 4.78 is 22.9. The Morgan fingerprint density at radius 3 is 1.07 bits per heavy atom. The van der Waals surface area contributed by atoms with E-state index in [0.29, 0.717) is 17.4 Å². The molecule has 0 spiro atoms. The van der Waals surface area contributed by atoms with E-state index in [2.05, 4.69) is 38.2 Å². The topological polar surface area (TPSA) is 108 Å². The summed E-state index contributed by atoms with van der Waals surface area (Å²) >= 11 is 0. The Hall–Kier alpha value is -2.23. The van der Waals surface area contributed by atoms with Crippen LogP contribution in [0.2, 0.25) is 0 Å². The number of quaternary nitrogens is 1. The molecule has 0 saturated carbocycles. The minimum atomic E-state index is -1.51. The Bertz CT molecular complexity index is 1300. The number of allylic oxidation sites excluding steroid dienone is 4. The van der Waals surface area contributed by atoms with Gasteiger partial charge in [0.05, 0.1) is 34.4 Å². The molecular weight excluding hydrogens is 947 g/mol. The molecule has 0 aliphatic carbocycles. The molecule has 0 aliphatic heterocycles. The number of hydrogen-bond acceptors (Lipinski definition) is 7. The molecule has 0 aliphatic rings. The van der Waals surface area contributed by atoms with Crippen molar-refractivity contribution in [2.75, 3.05) is 47.5 Å². The summed E-state index contributed by atoms with van der Waals surface area (Å²) in [4.78, 5) is 37.5. The fourth-order valence-electron chi connectivity index (χ4n) is 9.87. The third-order valence-electron chi connectivity index (χ3n) is 15.0. The molecule has 0 aromatic heterocycles. The van der Waals surface area contributed by atoms with E-state index in [9.17, 15) is 19.5 Å². The Morgan fingerprint density at radius 2 is 0.711 bits per heavy atom. The molecule has 0 rings (SSSR count). The molecule has 9 heteroatoms. The number of ether oxygens (including phenoxy) is 4. The summed E-state index contributed by atoms with van der Waals surface area (Å²) in [6, 6.07) is 0. The molecule has 2 unspecified atom stereocenters. The van der Waals surface area contributed by atoms with E-state index in [1.165, 1.54) is 250 Å². The van der Waals surface area contributed by atoms with Crippen molar-refractivity contribution >= 4 is 17.9 Å². The van der Waals surface area contributed by atoms with Crippen LogP contribution in [0.4, 0.5) is 0 Å². The van der Waals surface area contributed by atoms with Gasteiger partial charge in [-0.1, -0.05) is 295 Å². The lowest BCUT2D eigenvalue weighted by atomic mass is 10.0. The highest BCUT2D eigenvalue weighted by molar-refractivity contribution is 5.71. The van der Waals surface area contributed by atoms with Crippen molar-refractivity contribution < 1.29 is 42.9 Å². The van der Waals surface area contributed by atoms with Gasteiger partial charge >= 0.3 is 17.9 Å². The Kier molecular flexibility index (Phi) is 57.2. The summed E-state index contributed by atoms with van der Waals surface area (Å²) in [7, 11) is 5.98. The molecular formula is C67H128NO8+. The number of carbonyl (C=O) groups is 3. The van der Waals surface area contributed by atoms with Crippen LogP contribution >= 0.6 is 0 Å². The summed E-state index contributed by atoms with van der Waals surface area (Å²) in [5.41, 5.74) is 0. The first kappa shape index (κ1) is 73.8. The van der Waals surface area contributed by atoms with Gasteiger partial charge in [0, 0.05) is 12.8 Å². The number of likely N-dealkylation sites (N-methyl/N-ethyl adjacent to an activating group) is 1. The highest BCUT2D eigenvalue weighted by atomic mass is 16.7. The largest absolute Gasteiger partial charge is 0.477 e. The van der Waals surface area contributed by atoms with Gasteiger partial charge in [0.25, 0.3) is 6.29 Å². The summed E-state index contributed by atoms with van der Waals surface area (Å²) in [5.74, 6) is -1.99. The van der Waals surface area contributed by atoms with Gasteiger partial charge in [0.2, 0.25) is 0 Å². The lowest BCUT2D eigenvalue weighted by Crippen LogP contribution is -2.40. The predicted molar refractivity (Wildman–Crippen MR) is 323 cm³/mol. The molecule has 0 saturated heterocycles. The predicted octanol–water partition coefficient (Wildman–Crippen LogP) is 19.9. The van der Waals surface area contributed by atoms with Gasteiger partial charge in [-0.25, -0.2) is 4.79 Å². The van der Waals surface area contributed by atoms with Crippen LogP contribution in [-0.4, -0.2) is 87.4 Å². The third-order valence-corrected chi connectivity index (χ3v) is 15.0. The second-order valence-corrected chi connectivity index (χ2v) is 23.8. The van der Waals surface area contributed by atoms with Crippen molar-refractivity contribution in [3.05, 3.63) is 24.3 Å². The fraction of sp³-hybridized carbons (Fsp3) is 0.896. The molecule has 0 radical (unpaired) electrons. The van der Waals surface area contributed by atoms with Gasteiger partial charge in [0.15, 0.2) is 6.10 Å². The highest BCUT2D eigenvalue weighted by Crippen LogP contribution is 2.18. The molecule has 0 fully saturated rings. The molecule has 9 nitrogen and oxygen atoms in total. The number of aliphatic carboxylic acids is 1. The molecule has 448 valence electrons. The van der Waals surface area contributed by atoms with E-state index in [-0.39, 0.29) is 32.2 Å². The van der Waals surface area contributed by atoms with Gasteiger partial charge in [-0.05, 0) is 44.9 Å². The molecule has 0 heterocycles. The van der Waals surface area contributed by atoms with Crippen molar-refractivity contribution in [3.63, 3.8) is 0 Å². The van der Waals surface area contributed by atoms with Gasteiger partial charge in [-0.3, -0.25) is 9.59 Å². The highest BCUT2D eigenvalue weighted by Gasteiger charge is 2.25. The first-order chi connectivity index (χ1) is 37.1. The normalized spacial score (nSPS) is 12.8. The van der Waals surface area contributed by atoms with Crippen LogP contribution in [-0.2, 0) is 33.3 Å². The first-order valence-corrected chi connectivity index (χ1v) is 33.0. The molecule has 0 aromatic rings. The lowest BCUT2D eigenvalue weighted by molar-refractivity contribution is -0.870. The minimum Gasteiger partial charge on any atom is -0.477 e. The maximum atomic E-state index is 12.9. The summed E-state index contributed by atoms with van der Waals surface area (Å²) in [5, 5.41) is 9.72. The number of carboxylic acid groups (broad SMARTS) is 1. The smallest absolute Gasteiger partial charge is 0.361 e. The maximum Gasteiger partial charge on any atom is 0.361 e. The van der Waals surface area contributed by atoms with E-state index < -0.39 is 24.3 Å². The van der Waals surface area contributed by atoms with E-state index in [1.54, 1.807) is 0 Å². The second kappa shape index (κ2) is 58.9. The number of carboxylic acids is 1. The van der Waals surface area contributed by atoms with Crippen molar-refractivity contribution in [1.82, 2.24) is 0 Å². The van der Waals surface area contributed by atoms with E-state index in [1.807, 2.05) is 21.1 Å². The monoisotopic (exact) mass is 1070 g/mol. The Labute approximate surface area is 471 Å². The molecule has 1 N–H and O–H groups in total. The summed E-state index contributed by atoms with van der Waals surface area (Å²) in [6.45, 7) is 4.91. The number of esters is 2. The maximum absolute atomic E-state index is 12.9. The van der Waals surface area contributed by atoms with Crippen LogP contribution in [0.1, 0.15) is 328 Å². The average Bonchev–Trinajstić information content (AvgIpc) is 3.39. The van der Waals surface area contributed by atoms with Crippen LogP contribution in [0.25, 0.3) is 0 Å². The molecule has 0 aromatic carbocycles. The minimum absolute atomic E-state index is 0.178. The molecule has 0 bridgehead atoms. The van der Waals surface area contributed by atoms with Crippen LogP contribution in [0.15, 0.2) is 24.3 Å². The first-order valence-electron chi connectivity index (χ1n) is 33.0. The number of rotatable bonds is 62. The van der Waals surface area contributed by atoms with E-state index in [0.717, 1.165) is 51.4 Å². The average molecular weight is 1080 g/mol. The third kappa shape index (κ3) is 59.4. The van der Waals surface area contributed by atoms with Gasteiger partial charge < -0.3 is 28.5 Å². The van der Waals surface area contributed by atoms with Crippen molar-refractivity contribution in [1.29, 1.82) is 0 Å². The zero-order valence-electron chi connectivity index (χ0n) is 51.2. The van der Waals surface area contributed by atoms with Gasteiger partial charge in [-0.2, -0.15) is 0 Å². The summed E-state index contributed by atoms with van der Waals surface area (Å²) in [6.07, 6.45) is 68.6. The van der Waals surface area contributed by atoms with E-state index in [4.69, 9.17) is 18.9 Å². The number of unbranched alkanes of at least 4 members (excludes halogenated alkanes) is 43. The zero-order chi connectivity index (χ0) is 55.5. The quantitative estimate of drug-likeness (QED) is 0.0211. The number of carbonyl (C=O) groups excluding carboxylic acids is 2. The van der Waals surface area contributed by atoms with Crippen LogP contribution in [0.3, 0.4) is 0 Å². The molecule has 76 heavy (non-hydrogen) atoms. The Balaban J connectivity index is 4.04. The fourth-order valence-corrected chi connectivity index (χ4v) is 9.87. The second-order valence-electron chi connectivity index (χ2n) is 23.8. The number of hydrogen-bond donors (Lipinski definition) is 1. The Morgan fingerprint density at radius 1 is 0.395 bits per heavy atom. The van der Waals surface area contributed by atoms with Crippen molar-refractivity contribution in [3.8, 4) is 0 Å². The van der Waals surface area contributed by atoms with Crippen LogP contribution in [0.5, 0.6) is 0 Å². The van der Waals surface area contributed by atoms with Gasteiger partial charge in [0.1, 0.15) is 13.2 Å². The van der Waals surface area contributed by atoms with Crippen LogP contribution in [0, 0.1) is 0 Å². The zero-order valence-corrected chi connectivity index (χ0v) is 51.2. The standard InChI is InChI=1S/C67H127NO8/c1-6-8-10-12-14-16-18-20-22-24-26-27-28-29-30-31-32-33-34-35-36-37-38-40-41-43-45-47-49-51-53-55-57-64(69)74-61-63(62-75-67(66(71)72)73-60-59-68(3,4)5)76-65(70)58-56-54-52-50-48-46-44-42-39-25-23-21-19-17-15-13-11-9-7-2/h15,17,21,23,63,67H,6-14,16,18-20,22,24-62H2,1-5H3/p+1/b17-15-,23-21-. The van der Waals surface area contributed by atoms with Crippen LogP contribution < -0.4 is 0 Å². The van der Waals surface area contributed by atoms with Gasteiger partial charge in [-0.15, -0.1) is 0 Å². The number of nitrogens with zero attached hydrogens (tertiary/aromatic N) is 1. The van der Waals surface area contributed by atoms with Crippen molar-refractivity contribution in [2.24, 2.45) is 0 Å². The molecule has 0 amide bonds. The van der Waals surface area contributed by atoms with Crippen molar-refractivity contribution in [2.45, 2.75) is 341 Å².